The lowest BCUT2D eigenvalue weighted by molar-refractivity contribution is -0.137. The molecule has 4 nitrogen and oxygen atoms in total. The first-order valence-corrected chi connectivity index (χ1v) is 5.56. The maximum atomic E-state index is 10.2. The Morgan fingerprint density at radius 2 is 1.71 bits per heavy atom. The van der Waals surface area contributed by atoms with Crippen molar-refractivity contribution in [2.45, 2.75) is 38.9 Å². The summed E-state index contributed by atoms with van der Waals surface area (Å²) in [5.74, 6) is -0.522. The zero-order valence-corrected chi connectivity index (χ0v) is 9.63. The zero-order valence-electron chi connectivity index (χ0n) is 8.82. The van der Waals surface area contributed by atoms with E-state index in [2.05, 4.69) is 0 Å². The van der Waals surface area contributed by atoms with E-state index in [4.69, 9.17) is 10.2 Å². The topological polar surface area (TPSA) is 74.6 Å². The Kier molecular flexibility index (Phi) is 11.7. The van der Waals surface area contributed by atoms with E-state index >= 15 is 0 Å². The van der Waals surface area contributed by atoms with Gasteiger partial charge in [0.1, 0.15) is 0 Å². The van der Waals surface area contributed by atoms with E-state index in [0.29, 0.717) is 0 Å². The van der Waals surface area contributed by atoms with Gasteiger partial charge in [-0.2, -0.15) is 0 Å². The molecule has 14 heavy (non-hydrogen) atoms. The number of hydrogen-bond acceptors (Lipinski definition) is 3. The van der Waals surface area contributed by atoms with E-state index in [1.807, 2.05) is 6.92 Å². The van der Waals surface area contributed by atoms with E-state index in [9.17, 15) is 9.59 Å². The van der Waals surface area contributed by atoms with Crippen LogP contribution in [0.5, 0.6) is 0 Å². The highest BCUT2D eigenvalue weighted by molar-refractivity contribution is 8.00. The summed E-state index contributed by atoms with van der Waals surface area (Å²) in [5, 5.41) is 15.9. The number of hydrogen-bond donors (Lipinski definition) is 2. The second kappa shape index (κ2) is 10.4. The quantitative estimate of drug-likeness (QED) is 0.745. The fourth-order valence-electron chi connectivity index (χ4n) is 0.366. The lowest BCUT2D eigenvalue weighted by Gasteiger charge is -2.02. The van der Waals surface area contributed by atoms with Crippen molar-refractivity contribution in [2.24, 2.45) is 0 Å². The minimum Gasteiger partial charge on any atom is -0.481 e. The largest absolute Gasteiger partial charge is 0.481 e. The first-order valence-electron chi connectivity index (χ1n) is 4.51. The normalized spacial score (nSPS) is 11.1. The molecule has 0 spiro atoms. The third kappa shape index (κ3) is 13.9. The van der Waals surface area contributed by atoms with Crippen molar-refractivity contribution in [2.75, 3.05) is 5.75 Å². The molecule has 0 aromatic heterocycles. The van der Waals surface area contributed by atoms with Crippen LogP contribution in [0.15, 0.2) is 0 Å². The van der Waals surface area contributed by atoms with Crippen LogP contribution in [-0.2, 0) is 9.59 Å². The smallest absolute Gasteiger partial charge is 0.316 e. The molecule has 0 aromatic rings. The van der Waals surface area contributed by atoms with Crippen LogP contribution in [0, 0.1) is 0 Å². The number of rotatable bonds is 5. The number of carboxylic acids is 2. The van der Waals surface area contributed by atoms with E-state index in [-0.39, 0.29) is 11.7 Å². The molecule has 5 heteroatoms. The van der Waals surface area contributed by atoms with Gasteiger partial charge in [-0.3, -0.25) is 9.59 Å². The molecule has 0 saturated carbocycles. The summed E-state index contributed by atoms with van der Waals surface area (Å²) in [6.45, 7) is 5.35. The lowest BCUT2D eigenvalue weighted by atomic mass is 10.5. The van der Waals surface area contributed by atoms with Gasteiger partial charge >= 0.3 is 11.9 Å². The van der Waals surface area contributed by atoms with E-state index in [1.54, 1.807) is 13.8 Å². The number of aliphatic carboxylic acids is 2. The maximum Gasteiger partial charge on any atom is 0.316 e. The Labute approximate surface area is 88.7 Å². The molecule has 0 rings (SSSR count). The second-order valence-corrected chi connectivity index (χ2v) is 4.05. The van der Waals surface area contributed by atoms with Crippen LogP contribution in [0.25, 0.3) is 0 Å². The Morgan fingerprint density at radius 3 is 1.93 bits per heavy atom. The van der Waals surface area contributed by atoms with Gasteiger partial charge in [0.05, 0.1) is 5.25 Å². The van der Waals surface area contributed by atoms with Crippen LogP contribution in [0.2, 0.25) is 0 Å². The summed E-state index contributed by atoms with van der Waals surface area (Å²) in [4.78, 5) is 19.6. The van der Waals surface area contributed by atoms with Crippen molar-refractivity contribution in [3.63, 3.8) is 0 Å². The summed E-state index contributed by atoms with van der Waals surface area (Å²) < 4.78 is 0. The van der Waals surface area contributed by atoms with Crippen LogP contribution in [0.1, 0.15) is 33.6 Å². The average Bonchev–Trinajstić information content (AvgIpc) is 2.14. The number of thioether (sulfide) groups is 1. The molecule has 0 saturated heterocycles. The van der Waals surface area contributed by atoms with E-state index < -0.39 is 11.9 Å². The van der Waals surface area contributed by atoms with E-state index in [1.165, 1.54) is 11.8 Å². The van der Waals surface area contributed by atoms with Gasteiger partial charge in [-0.05, 0) is 19.1 Å². The Balaban J connectivity index is 0. The molecule has 0 aliphatic rings. The highest BCUT2D eigenvalue weighted by Gasteiger charge is 2.08. The van der Waals surface area contributed by atoms with Gasteiger partial charge in [0.2, 0.25) is 0 Å². The molecular formula is C9H18O4S. The molecule has 0 heterocycles. The lowest BCUT2D eigenvalue weighted by Crippen LogP contribution is -2.11. The summed E-state index contributed by atoms with van der Waals surface area (Å²) in [7, 11) is 0. The Bertz CT molecular complexity index is 170. The minimum atomic E-state index is -0.745. The number of carbonyl (C=O) groups is 2. The van der Waals surface area contributed by atoms with Crippen molar-refractivity contribution in [1.29, 1.82) is 0 Å². The predicted molar refractivity (Wildman–Crippen MR) is 57.8 cm³/mol. The molecule has 0 aromatic carbocycles. The predicted octanol–water partition coefficient (Wildman–Crippen LogP) is 2.08. The monoisotopic (exact) mass is 222 g/mol. The van der Waals surface area contributed by atoms with Gasteiger partial charge in [-0.25, -0.2) is 0 Å². The molecular weight excluding hydrogens is 204 g/mol. The van der Waals surface area contributed by atoms with Crippen molar-refractivity contribution in [3.8, 4) is 0 Å². The summed E-state index contributed by atoms with van der Waals surface area (Å²) in [5.41, 5.74) is 0. The summed E-state index contributed by atoms with van der Waals surface area (Å²) >= 11 is 1.48. The van der Waals surface area contributed by atoms with Crippen molar-refractivity contribution in [1.82, 2.24) is 0 Å². The standard InChI is InChI=1S/C6H12O2S.C3H6O2/c1-3-4-9-5(2)6(7)8;1-2-3(4)5/h5H,3-4H2,1-2H3,(H,7,8);2H2,1H3,(H,4,5). The van der Waals surface area contributed by atoms with Crippen LogP contribution in [0.4, 0.5) is 0 Å². The third-order valence-electron chi connectivity index (χ3n) is 1.22. The summed E-state index contributed by atoms with van der Waals surface area (Å²) in [6.07, 6.45) is 1.27. The van der Waals surface area contributed by atoms with Crippen molar-refractivity contribution < 1.29 is 19.8 Å². The molecule has 1 unspecified atom stereocenters. The minimum absolute atomic E-state index is 0.222. The number of carboxylic acid groups (broad SMARTS) is 2. The summed E-state index contributed by atoms with van der Waals surface area (Å²) in [6, 6.07) is 0. The molecule has 0 bridgehead atoms. The first-order chi connectivity index (χ1) is 6.45. The van der Waals surface area contributed by atoms with Crippen LogP contribution in [0.3, 0.4) is 0 Å². The Hall–Kier alpha value is -0.710. The van der Waals surface area contributed by atoms with Gasteiger partial charge in [-0.15, -0.1) is 11.8 Å². The van der Waals surface area contributed by atoms with Gasteiger partial charge in [0.15, 0.2) is 0 Å². The Morgan fingerprint density at radius 1 is 1.29 bits per heavy atom. The van der Waals surface area contributed by atoms with Gasteiger partial charge in [0.25, 0.3) is 0 Å². The third-order valence-corrected chi connectivity index (χ3v) is 2.57. The maximum absolute atomic E-state index is 10.2. The molecule has 0 radical (unpaired) electrons. The van der Waals surface area contributed by atoms with Gasteiger partial charge < -0.3 is 10.2 Å². The average molecular weight is 222 g/mol. The van der Waals surface area contributed by atoms with Gasteiger partial charge in [-0.1, -0.05) is 13.8 Å². The zero-order chi connectivity index (χ0) is 11.6. The molecule has 0 fully saturated rings. The van der Waals surface area contributed by atoms with E-state index in [0.717, 1.165) is 12.2 Å². The molecule has 1 atom stereocenters. The van der Waals surface area contributed by atoms with Crippen LogP contribution >= 0.6 is 11.8 Å². The molecule has 0 aliphatic carbocycles. The first kappa shape index (κ1) is 15.7. The molecule has 0 amide bonds. The fourth-order valence-corrected chi connectivity index (χ4v) is 1.10. The van der Waals surface area contributed by atoms with Crippen LogP contribution in [-0.4, -0.2) is 33.2 Å². The highest BCUT2D eigenvalue weighted by Crippen LogP contribution is 2.10. The SMILES string of the molecule is CCC(=O)O.CCCSC(C)C(=O)O. The fraction of sp³-hybridized carbons (Fsp3) is 0.778. The van der Waals surface area contributed by atoms with Gasteiger partial charge in [0, 0.05) is 6.42 Å². The van der Waals surface area contributed by atoms with Crippen LogP contribution < -0.4 is 0 Å². The molecule has 0 aliphatic heterocycles. The highest BCUT2D eigenvalue weighted by atomic mass is 32.2. The second-order valence-electron chi connectivity index (χ2n) is 2.60. The molecule has 84 valence electrons. The molecule has 2 N–H and O–H groups in total. The van der Waals surface area contributed by atoms with Crippen molar-refractivity contribution >= 4 is 23.7 Å². The van der Waals surface area contributed by atoms with Crippen molar-refractivity contribution in [3.05, 3.63) is 0 Å².